The third-order valence-electron chi connectivity index (χ3n) is 1.85. The number of ether oxygens (including phenoxy) is 1. The second-order valence-corrected chi connectivity index (χ2v) is 5.95. The number of hydrogen-bond donors (Lipinski definition) is 0. The molecule has 1 aliphatic heterocycles. The molecule has 1 aliphatic rings. The Bertz CT molecular complexity index is 200. The Kier molecular flexibility index (Phi) is 4.12. The zero-order valence-electron chi connectivity index (χ0n) is 7.45. The van der Waals surface area contributed by atoms with Crippen LogP contribution in [0.4, 0.5) is 0 Å². The molecule has 0 amide bonds. The quantitative estimate of drug-likeness (QED) is 0.528. The summed E-state index contributed by atoms with van der Waals surface area (Å²) in [5, 5.41) is 0. The van der Waals surface area contributed by atoms with Crippen LogP contribution in [-0.4, -0.2) is 35.0 Å². The maximum absolute atomic E-state index is 11.1. The Morgan fingerprint density at radius 3 is 2.62 bits per heavy atom. The molecule has 0 N–H and O–H groups in total. The van der Waals surface area contributed by atoms with E-state index in [1.54, 1.807) is 23.5 Å². The fourth-order valence-electron chi connectivity index (χ4n) is 1.21. The van der Waals surface area contributed by atoms with Crippen LogP contribution in [0.3, 0.4) is 0 Å². The van der Waals surface area contributed by atoms with E-state index in [1.165, 1.54) is 7.11 Å². The summed E-state index contributed by atoms with van der Waals surface area (Å²) in [4.78, 5) is 21.5. The molecule has 0 aromatic heterocycles. The van der Waals surface area contributed by atoms with E-state index in [9.17, 15) is 9.59 Å². The largest absolute Gasteiger partial charge is 0.469 e. The maximum Gasteiger partial charge on any atom is 0.307 e. The monoisotopic (exact) mass is 220 g/mol. The minimum Gasteiger partial charge on any atom is -0.469 e. The first kappa shape index (κ1) is 10.9. The molecule has 1 rings (SSSR count). The number of rotatable bonds is 4. The van der Waals surface area contributed by atoms with Crippen LogP contribution in [0.5, 0.6) is 0 Å². The standard InChI is InChI=1S/C8H12O3S2/c1-11-7(10)6-8(2-3-9)12-4-5-13-8/h3H,2,4-6H2,1H3. The SMILES string of the molecule is COC(=O)CC1(CC=O)SCCS1. The van der Waals surface area contributed by atoms with Gasteiger partial charge in [0.05, 0.1) is 17.6 Å². The molecule has 13 heavy (non-hydrogen) atoms. The van der Waals surface area contributed by atoms with E-state index in [1.807, 2.05) is 0 Å². The molecule has 1 saturated heterocycles. The molecule has 0 atom stereocenters. The van der Waals surface area contributed by atoms with Crippen LogP contribution in [0.2, 0.25) is 0 Å². The van der Waals surface area contributed by atoms with Gasteiger partial charge in [-0.3, -0.25) is 4.79 Å². The van der Waals surface area contributed by atoms with E-state index in [-0.39, 0.29) is 10.0 Å². The Labute approximate surface area is 86.0 Å². The van der Waals surface area contributed by atoms with Crippen molar-refractivity contribution in [2.75, 3.05) is 18.6 Å². The average molecular weight is 220 g/mol. The minimum atomic E-state index is -0.241. The number of hydrogen-bond acceptors (Lipinski definition) is 5. The van der Waals surface area contributed by atoms with Crippen LogP contribution >= 0.6 is 23.5 Å². The Morgan fingerprint density at radius 1 is 1.54 bits per heavy atom. The van der Waals surface area contributed by atoms with Crippen molar-refractivity contribution in [2.45, 2.75) is 16.9 Å². The van der Waals surface area contributed by atoms with Crippen molar-refractivity contribution in [2.24, 2.45) is 0 Å². The molecule has 0 bridgehead atoms. The first-order valence-electron chi connectivity index (χ1n) is 4.01. The molecule has 3 nitrogen and oxygen atoms in total. The zero-order valence-corrected chi connectivity index (χ0v) is 9.08. The molecule has 0 aromatic carbocycles. The van der Waals surface area contributed by atoms with Crippen LogP contribution < -0.4 is 0 Å². The fraction of sp³-hybridized carbons (Fsp3) is 0.750. The molecular weight excluding hydrogens is 208 g/mol. The van der Waals surface area contributed by atoms with Gasteiger partial charge in [-0.25, -0.2) is 0 Å². The minimum absolute atomic E-state index is 0.233. The van der Waals surface area contributed by atoms with Crippen LogP contribution in [0.25, 0.3) is 0 Å². The molecule has 1 heterocycles. The topological polar surface area (TPSA) is 43.4 Å². The normalized spacial score (nSPS) is 19.8. The molecule has 5 heteroatoms. The van der Waals surface area contributed by atoms with Gasteiger partial charge in [-0.05, 0) is 0 Å². The number of methoxy groups -OCH3 is 1. The average Bonchev–Trinajstić information content (AvgIpc) is 2.54. The summed E-state index contributed by atoms with van der Waals surface area (Å²) in [6, 6.07) is 0. The molecule has 0 radical (unpaired) electrons. The second-order valence-electron chi connectivity index (χ2n) is 2.73. The number of esters is 1. The van der Waals surface area contributed by atoms with Crippen LogP contribution in [0.15, 0.2) is 0 Å². The maximum atomic E-state index is 11.1. The third-order valence-corrected chi connectivity index (χ3v) is 5.31. The second kappa shape index (κ2) is 4.91. The van der Waals surface area contributed by atoms with Crippen molar-refractivity contribution in [1.29, 1.82) is 0 Å². The van der Waals surface area contributed by atoms with Gasteiger partial charge in [0.25, 0.3) is 0 Å². The van der Waals surface area contributed by atoms with Gasteiger partial charge in [-0.15, -0.1) is 23.5 Å². The van der Waals surface area contributed by atoms with Crippen molar-refractivity contribution in [3.8, 4) is 0 Å². The van der Waals surface area contributed by atoms with Gasteiger partial charge >= 0.3 is 5.97 Å². The van der Waals surface area contributed by atoms with E-state index in [0.717, 1.165) is 17.8 Å². The van der Waals surface area contributed by atoms with Crippen molar-refractivity contribution >= 4 is 35.8 Å². The van der Waals surface area contributed by atoms with Crippen molar-refractivity contribution in [3.05, 3.63) is 0 Å². The first-order chi connectivity index (χ1) is 6.22. The lowest BCUT2D eigenvalue weighted by Crippen LogP contribution is -2.23. The fourth-order valence-corrected chi connectivity index (χ4v) is 4.26. The number of aldehydes is 1. The number of thioether (sulfide) groups is 2. The summed E-state index contributed by atoms with van der Waals surface area (Å²) in [5.41, 5.74) is 0. The summed E-state index contributed by atoms with van der Waals surface area (Å²) < 4.78 is 4.36. The molecule has 0 unspecified atom stereocenters. The van der Waals surface area contributed by atoms with Gasteiger partial charge in [0.2, 0.25) is 0 Å². The summed E-state index contributed by atoms with van der Waals surface area (Å²) in [6.07, 6.45) is 1.64. The molecule has 0 aromatic rings. The molecule has 0 aliphatic carbocycles. The van der Waals surface area contributed by atoms with Crippen LogP contribution in [0, 0.1) is 0 Å². The predicted molar refractivity (Wildman–Crippen MR) is 55.0 cm³/mol. The van der Waals surface area contributed by atoms with E-state index >= 15 is 0 Å². The molecule has 0 saturated carbocycles. The number of carbonyl (C=O) groups excluding carboxylic acids is 2. The van der Waals surface area contributed by atoms with Gasteiger partial charge in [0.1, 0.15) is 6.29 Å². The zero-order chi connectivity index (χ0) is 9.73. The lowest BCUT2D eigenvalue weighted by molar-refractivity contribution is -0.140. The first-order valence-corrected chi connectivity index (χ1v) is 5.98. The lowest BCUT2D eigenvalue weighted by atomic mass is 10.2. The van der Waals surface area contributed by atoms with E-state index < -0.39 is 0 Å². The highest BCUT2D eigenvalue weighted by Gasteiger charge is 2.37. The van der Waals surface area contributed by atoms with Crippen molar-refractivity contribution in [1.82, 2.24) is 0 Å². The van der Waals surface area contributed by atoms with Gasteiger partial charge in [-0.1, -0.05) is 0 Å². The molecule has 74 valence electrons. The third kappa shape index (κ3) is 2.91. The summed E-state index contributed by atoms with van der Waals surface area (Å²) in [6.45, 7) is 0. The summed E-state index contributed by atoms with van der Waals surface area (Å²) >= 11 is 3.38. The highest BCUT2D eigenvalue weighted by atomic mass is 32.2. The van der Waals surface area contributed by atoms with Crippen molar-refractivity contribution < 1.29 is 14.3 Å². The highest BCUT2D eigenvalue weighted by Crippen LogP contribution is 2.48. The molecule has 1 fully saturated rings. The highest BCUT2D eigenvalue weighted by molar-refractivity contribution is 8.21. The summed E-state index contributed by atoms with van der Waals surface area (Å²) in [5.74, 6) is 1.79. The van der Waals surface area contributed by atoms with Crippen LogP contribution in [-0.2, 0) is 14.3 Å². The smallest absolute Gasteiger partial charge is 0.307 e. The van der Waals surface area contributed by atoms with Crippen molar-refractivity contribution in [3.63, 3.8) is 0 Å². The Balaban J connectivity index is 2.55. The van der Waals surface area contributed by atoms with E-state index in [4.69, 9.17) is 0 Å². The van der Waals surface area contributed by atoms with Crippen LogP contribution in [0.1, 0.15) is 12.8 Å². The van der Waals surface area contributed by atoms with Gasteiger partial charge in [-0.2, -0.15) is 0 Å². The van der Waals surface area contributed by atoms with Gasteiger partial charge < -0.3 is 9.53 Å². The van der Waals surface area contributed by atoms with Gasteiger partial charge in [0, 0.05) is 17.9 Å². The van der Waals surface area contributed by atoms with E-state index in [2.05, 4.69) is 4.74 Å². The summed E-state index contributed by atoms with van der Waals surface area (Å²) in [7, 11) is 1.38. The van der Waals surface area contributed by atoms with Gasteiger partial charge in [0.15, 0.2) is 0 Å². The lowest BCUT2D eigenvalue weighted by Gasteiger charge is -2.22. The molecule has 0 spiro atoms. The Morgan fingerprint density at radius 2 is 2.15 bits per heavy atom. The number of carbonyl (C=O) groups is 2. The van der Waals surface area contributed by atoms with E-state index in [0.29, 0.717) is 12.8 Å². The predicted octanol–water partition coefficient (Wildman–Crippen LogP) is 1.31. The molecular formula is C8H12O3S2. The Hall–Kier alpha value is -0.160.